The van der Waals surface area contributed by atoms with Gasteiger partial charge in [-0.1, -0.05) is 376 Å². The van der Waals surface area contributed by atoms with Crippen molar-refractivity contribution in [1.29, 1.82) is 0 Å². The van der Waals surface area contributed by atoms with Crippen LogP contribution in [-0.2, 0) is 28.6 Å². The largest absolute Gasteiger partial charge is 0.462 e. The van der Waals surface area contributed by atoms with Crippen molar-refractivity contribution in [2.24, 2.45) is 0 Å². The molecular weight excluding hydrogens is 1020 g/mol. The molecule has 0 aliphatic carbocycles. The fraction of sp³-hybridized carbons (Fsp3) is 0.805. The Hall–Kier alpha value is -3.15. The van der Waals surface area contributed by atoms with Crippen LogP contribution in [0.5, 0.6) is 0 Å². The predicted octanol–water partition coefficient (Wildman–Crippen LogP) is 25.2. The Kier molecular flexibility index (Phi) is 68.6. The molecule has 0 aliphatic rings. The first-order valence-electron chi connectivity index (χ1n) is 36.4. The summed E-state index contributed by atoms with van der Waals surface area (Å²) in [7, 11) is 0. The third-order valence-electron chi connectivity index (χ3n) is 16.2. The van der Waals surface area contributed by atoms with E-state index in [4.69, 9.17) is 14.2 Å². The zero-order valence-electron chi connectivity index (χ0n) is 55.5. The number of unbranched alkanes of at least 4 members (excludes halogenated alkanes) is 44. The molecule has 0 spiro atoms. The highest BCUT2D eigenvalue weighted by atomic mass is 16.6. The Morgan fingerprint density at radius 2 is 0.470 bits per heavy atom. The molecule has 0 aromatic rings. The van der Waals surface area contributed by atoms with Crippen LogP contribution in [0.3, 0.4) is 0 Å². The lowest BCUT2D eigenvalue weighted by Gasteiger charge is -2.18. The van der Waals surface area contributed by atoms with Gasteiger partial charge in [0, 0.05) is 19.3 Å². The van der Waals surface area contributed by atoms with Gasteiger partial charge in [0.15, 0.2) is 6.10 Å². The smallest absolute Gasteiger partial charge is 0.306 e. The Labute approximate surface area is 516 Å². The molecule has 0 bridgehead atoms. The second-order valence-corrected chi connectivity index (χ2v) is 24.5. The van der Waals surface area contributed by atoms with Crippen molar-refractivity contribution < 1.29 is 28.6 Å². The maximum Gasteiger partial charge on any atom is 0.306 e. The van der Waals surface area contributed by atoms with E-state index in [0.29, 0.717) is 19.3 Å². The lowest BCUT2D eigenvalue weighted by Crippen LogP contribution is -2.30. The lowest BCUT2D eigenvalue weighted by molar-refractivity contribution is -0.166. The summed E-state index contributed by atoms with van der Waals surface area (Å²) in [5.74, 6) is -0.967. The number of allylic oxidation sites excluding steroid dienone is 12. The third kappa shape index (κ3) is 69.5. The van der Waals surface area contributed by atoms with E-state index in [1.807, 2.05) is 6.08 Å². The quantitative estimate of drug-likeness (QED) is 0.0261. The van der Waals surface area contributed by atoms with Crippen LogP contribution >= 0.6 is 0 Å². The number of rotatable bonds is 67. The normalized spacial score (nSPS) is 12.5. The topological polar surface area (TPSA) is 78.9 Å². The standard InChI is InChI=1S/C77H138O6/c1-4-7-10-13-16-19-22-25-27-29-31-32-33-34-35-36-37-38-39-40-41-42-43-44-45-47-48-50-52-55-58-61-64-67-70-76(79)82-73-74(72-81-75(78)69-66-63-60-57-54-24-21-18-15-12-9-6-3)83-77(80)71-68-65-62-59-56-53-51-49-46-30-28-26-23-20-17-14-11-8-5-2/h8,11,17,20,26,28,46,49,53,56,62,65,74H,4-7,9-10,12-16,18-19,21-25,27,29-45,47-48,50-52,54-55,57-61,63-64,66-73H2,1-3H3/b11-8-,20-17-,28-26-,49-46-,56-53-,65-62-. The number of hydrogen-bond acceptors (Lipinski definition) is 6. The first-order valence-corrected chi connectivity index (χ1v) is 36.4. The first kappa shape index (κ1) is 79.8. The Balaban J connectivity index is 4.15. The monoisotopic (exact) mass is 1160 g/mol. The molecule has 0 aliphatic heterocycles. The van der Waals surface area contributed by atoms with E-state index in [9.17, 15) is 14.4 Å². The summed E-state index contributed by atoms with van der Waals surface area (Å²) in [6.45, 7) is 6.52. The number of carbonyl (C=O) groups is 3. The molecule has 0 heterocycles. The minimum atomic E-state index is -0.814. The van der Waals surface area contributed by atoms with Gasteiger partial charge in [0.1, 0.15) is 13.2 Å². The number of esters is 3. The van der Waals surface area contributed by atoms with Crippen molar-refractivity contribution >= 4 is 17.9 Å². The van der Waals surface area contributed by atoms with Crippen molar-refractivity contribution in [3.63, 3.8) is 0 Å². The Morgan fingerprint density at radius 3 is 0.711 bits per heavy atom. The number of ether oxygens (including phenoxy) is 3. The minimum Gasteiger partial charge on any atom is -0.462 e. The van der Waals surface area contributed by atoms with E-state index in [0.717, 1.165) is 77.0 Å². The highest BCUT2D eigenvalue weighted by Gasteiger charge is 2.19. The summed E-state index contributed by atoms with van der Waals surface area (Å²) in [5, 5.41) is 0. The van der Waals surface area contributed by atoms with Crippen LogP contribution in [0.4, 0.5) is 0 Å². The van der Waals surface area contributed by atoms with Crippen molar-refractivity contribution in [2.45, 2.75) is 386 Å². The zero-order valence-corrected chi connectivity index (χ0v) is 55.5. The van der Waals surface area contributed by atoms with Gasteiger partial charge >= 0.3 is 17.9 Å². The van der Waals surface area contributed by atoms with Gasteiger partial charge in [-0.05, 0) is 57.8 Å². The molecule has 83 heavy (non-hydrogen) atoms. The van der Waals surface area contributed by atoms with Gasteiger partial charge in [-0.15, -0.1) is 0 Å². The highest BCUT2D eigenvalue weighted by molar-refractivity contribution is 5.71. The van der Waals surface area contributed by atoms with Crippen LogP contribution in [0.15, 0.2) is 72.9 Å². The fourth-order valence-electron chi connectivity index (χ4n) is 10.8. The second-order valence-electron chi connectivity index (χ2n) is 24.5. The van der Waals surface area contributed by atoms with E-state index in [1.165, 1.54) is 257 Å². The Morgan fingerprint density at radius 1 is 0.253 bits per heavy atom. The average molecular weight is 1160 g/mol. The SMILES string of the molecule is CC/C=C\C/C=C\C/C=C\C/C=C\C/C=C\C/C=C\CCC(=O)OC(COC(=O)CCCCCCCCCCCCCC)COC(=O)CCCCCCCCCCCCCCCCCCCCCCCCCCCCCCCCCCCC. The molecule has 482 valence electrons. The molecule has 0 amide bonds. The molecule has 6 nitrogen and oxygen atoms in total. The van der Waals surface area contributed by atoms with E-state index < -0.39 is 6.10 Å². The van der Waals surface area contributed by atoms with Crippen LogP contribution in [0, 0.1) is 0 Å². The maximum atomic E-state index is 12.9. The molecule has 0 saturated heterocycles. The van der Waals surface area contributed by atoms with Gasteiger partial charge in [-0.25, -0.2) is 0 Å². The fourth-order valence-corrected chi connectivity index (χ4v) is 10.8. The highest BCUT2D eigenvalue weighted by Crippen LogP contribution is 2.19. The predicted molar refractivity (Wildman–Crippen MR) is 362 cm³/mol. The van der Waals surface area contributed by atoms with Crippen LogP contribution in [0.25, 0.3) is 0 Å². The molecular formula is C77H138O6. The van der Waals surface area contributed by atoms with Gasteiger partial charge in [0.2, 0.25) is 0 Å². The lowest BCUT2D eigenvalue weighted by atomic mass is 10.0. The average Bonchev–Trinajstić information content (AvgIpc) is 3.49. The summed E-state index contributed by atoms with van der Waals surface area (Å²) in [4.78, 5) is 38.3. The number of carbonyl (C=O) groups excluding carboxylic acids is 3. The summed E-state index contributed by atoms with van der Waals surface area (Å²) in [6, 6.07) is 0. The maximum absolute atomic E-state index is 12.9. The summed E-state index contributed by atoms with van der Waals surface area (Å²) >= 11 is 0. The molecule has 0 aromatic heterocycles. The second kappa shape index (κ2) is 71.3. The summed E-state index contributed by atoms with van der Waals surface area (Å²) in [6.07, 6.45) is 94.1. The molecule has 0 fully saturated rings. The molecule has 0 saturated carbocycles. The molecule has 1 atom stereocenters. The summed E-state index contributed by atoms with van der Waals surface area (Å²) in [5.41, 5.74) is 0. The van der Waals surface area contributed by atoms with Gasteiger partial charge in [-0.2, -0.15) is 0 Å². The molecule has 1 unspecified atom stereocenters. The van der Waals surface area contributed by atoms with Crippen LogP contribution in [0.1, 0.15) is 380 Å². The van der Waals surface area contributed by atoms with Crippen molar-refractivity contribution in [3.8, 4) is 0 Å². The van der Waals surface area contributed by atoms with Gasteiger partial charge in [0.05, 0.1) is 0 Å². The number of hydrogen-bond donors (Lipinski definition) is 0. The van der Waals surface area contributed by atoms with Crippen LogP contribution in [-0.4, -0.2) is 37.2 Å². The van der Waals surface area contributed by atoms with Gasteiger partial charge in [0.25, 0.3) is 0 Å². The first-order chi connectivity index (χ1) is 41.0. The molecule has 0 N–H and O–H groups in total. The Bertz CT molecular complexity index is 1520. The van der Waals surface area contributed by atoms with Crippen molar-refractivity contribution in [1.82, 2.24) is 0 Å². The van der Waals surface area contributed by atoms with E-state index in [-0.39, 0.29) is 37.5 Å². The zero-order chi connectivity index (χ0) is 59.9. The van der Waals surface area contributed by atoms with E-state index in [1.54, 1.807) is 0 Å². The van der Waals surface area contributed by atoms with Gasteiger partial charge < -0.3 is 14.2 Å². The van der Waals surface area contributed by atoms with E-state index in [2.05, 4.69) is 87.6 Å². The summed E-state index contributed by atoms with van der Waals surface area (Å²) < 4.78 is 16.9. The van der Waals surface area contributed by atoms with Crippen LogP contribution in [0.2, 0.25) is 0 Å². The van der Waals surface area contributed by atoms with Crippen molar-refractivity contribution in [3.05, 3.63) is 72.9 Å². The van der Waals surface area contributed by atoms with Gasteiger partial charge in [-0.3, -0.25) is 14.4 Å². The molecule has 0 radical (unpaired) electrons. The minimum absolute atomic E-state index is 0.101. The molecule has 0 aromatic carbocycles. The molecule has 6 heteroatoms. The molecule has 0 rings (SSSR count). The van der Waals surface area contributed by atoms with Crippen molar-refractivity contribution in [2.75, 3.05) is 13.2 Å². The van der Waals surface area contributed by atoms with Crippen LogP contribution < -0.4 is 0 Å². The van der Waals surface area contributed by atoms with E-state index >= 15 is 0 Å². The third-order valence-corrected chi connectivity index (χ3v) is 16.2.